The van der Waals surface area contributed by atoms with E-state index < -0.39 is 22.1 Å². The van der Waals surface area contributed by atoms with Crippen LogP contribution in [0.1, 0.15) is 72.4 Å². The van der Waals surface area contributed by atoms with Crippen molar-refractivity contribution in [3.8, 4) is 5.75 Å². The Labute approximate surface area is 272 Å². The summed E-state index contributed by atoms with van der Waals surface area (Å²) in [6, 6.07) is 18.8. The Kier molecular flexibility index (Phi) is 15.9. The molecule has 250 valence electrons. The second kappa shape index (κ2) is 19.8. The standard InChI is InChI=1S/C35H46N2O8S/c1-27-12-14-28(15-13-27)16-19-35(41)45-37-46(42,43)32-11-8-10-29(23-32)9-4-7-22-44-21-6-3-2-5-20-36-25-34(40)30-17-18-33(39)31(24-30)26-38/h8,10-19,23-24,34,36-40H,2-7,9,20-22,25-26H2,1H3/t34-/m0/s1. The van der Waals surface area contributed by atoms with E-state index in [0.717, 1.165) is 67.8 Å². The maximum Gasteiger partial charge on any atom is 0.350 e. The number of hydrogen-bond acceptors (Lipinski definition) is 9. The van der Waals surface area contributed by atoms with Crippen LogP contribution in [-0.4, -0.2) is 56.0 Å². The number of benzene rings is 3. The lowest BCUT2D eigenvalue weighted by Gasteiger charge is -2.14. The Balaban J connectivity index is 1.21. The lowest BCUT2D eigenvalue weighted by Crippen LogP contribution is -2.26. The van der Waals surface area contributed by atoms with E-state index in [2.05, 4.69) is 5.32 Å². The minimum Gasteiger partial charge on any atom is -0.508 e. The molecule has 0 aliphatic rings. The quantitative estimate of drug-likeness (QED) is 0.0615. The normalized spacial score (nSPS) is 12.4. The van der Waals surface area contributed by atoms with Crippen molar-refractivity contribution in [1.82, 2.24) is 10.2 Å². The van der Waals surface area contributed by atoms with Gasteiger partial charge in [0.05, 0.1) is 17.6 Å². The van der Waals surface area contributed by atoms with Gasteiger partial charge in [-0.15, -0.1) is 0 Å². The predicted molar refractivity (Wildman–Crippen MR) is 177 cm³/mol. The number of aryl methyl sites for hydroxylation is 2. The highest BCUT2D eigenvalue weighted by molar-refractivity contribution is 7.89. The highest BCUT2D eigenvalue weighted by atomic mass is 32.2. The van der Waals surface area contributed by atoms with Crippen LogP contribution in [0, 0.1) is 6.92 Å². The zero-order valence-electron chi connectivity index (χ0n) is 26.4. The molecule has 0 unspecified atom stereocenters. The molecule has 46 heavy (non-hydrogen) atoms. The second-order valence-electron chi connectivity index (χ2n) is 11.1. The van der Waals surface area contributed by atoms with Gasteiger partial charge in [0.15, 0.2) is 0 Å². The van der Waals surface area contributed by atoms with Gasteiger partial charge in [-0.2, -0.15) is 0 Å². The number of carbonyl (C=O) groups excluding carboxylic acids is 1. The number of hydrogen-bond donors (Lipinski definition) is 5. The van der Waals surface area contributed by atoms with E-state index in [1.165, 1.54) is 12.1 Å². The van der Waals surface area contributed by atoms with Crippen molar-refractivity contribution in [3.63, 3.8) is 0 Å². The van der Waals surface area contributed by atoms with Crippen LogP contribution in [0.25, 0.3) is 6.08 Å². The van der Waals surface area contributed by atoms with E-state index in [1.54, 1.807) is 30.3 Å². The third-order valence-electron chi connectivity index (χ3n) is 7.34. The fourth-order valence-corrected chi connectivity index (χ4v) is 5.48. The van der Waals surface area contributed by atoms with Gasteiger partial charge < -0.3 is 30.2 Å². The monoisotopic (exact) mass is 654 g/mol. The van der Waals surface area contributed by atoms with E-state index in [4.69, 9.17) is 9.57 Å². The van der Waals surface area contributed by atoms with Crippen LogP contribution in [-0.2, 0) is 37.4 Å². The van der Waals surface area contributed by atoms with Gasteiger partial charge in [-0.05, 0) is 97.5 Å². The second-order valence-corrected chi connectivity index (χ2v) is 12.8. The van der Waals surface area contributed by atoms with Gasteiger partial charge in [-0.25, -0.2) is 13.2 Å². The molecule has 0 saturated carbocycles. The van der Waals surface area contributed by atoms with Gasteiger partial charge >= 0.3 is 5.97 Å². The largest absolute Gasteiger partial charge is 0.508 e. The molecular weight excluding hydrogens is 608 g/mol. The fraction of sp³-hybridized carbons (Fsp3) is 0.400. The summed E-state index contributed by atoms with van der Waals surface area (Å²) in [5.41, 5.74) is 3.81. The molecule has 11 heteroatoms. The number of ether oxygens (including phenoxy) is 1. The predicted octanol–water partition coefficient (Wildman–Crippen LogP) is 4.87. The molecule has 5 N–H and O–H groups in total. The minimum atomic E-state index is -4.02. The Morgan fingerprint density at radius 3 is 2.43 bits per heavy atom. The summed E-state index contributed by atoms with van der Waals surface area (Å²) in [4.78, 5) is 18.7. The molecule has 0 saturated heterocycles. The summed E-state index contributed by atoms with van der Waals surface area (Å²) in [5, 5.41) is 32.4. The smallest absolute Gasteiger partial charge is 0.350 e. The minimum absolute atomic E-state index is 0.0200. The third kappa shape index (κ3) is 13.4. The van der Waals surface area contributed by atoms with Crippen LogP contribution in [0.5, 0.6) is 5.75 Å². The number of carbonyl (C=O) groups is 1. The van der Waals surface area contributed by atoms with Gasteiger partial charge in [-0.3, -0.25) is 0 Å². The summed E-state index contributed by atoms with van der Waals surface area (Å²) in [7, 11) is -4.02. The SMILES string of the molecule is Cc1ccc(C=CC(=O)ONS(=O)(=O)c2cccc(CCCCOCCCCCCNC[C@H](O)c3ccc(O)c(CO)c3)c2)cc1. The number of sulfonamides is 1. The first-order chi connectivity index (χ1) is 22.2. The number of aliphatic hydroxyl groups excluding tert-OH is 2. The maximum absolute atomic E-state index is 12.6. The molecule has 10 nitrogen and oxygen atoms in total. The fourth-order valence-electron chi connectivity index (χ4n) is 4.63. The van der Waals surface area contributed by atoms with Crippen LogP contribution < -0.4 is 10.2 Å². The third-order valence-corrected chi connectivity index (χ3v) is 8.52. The van der Waals surface area contributed by atoms with Gasteiger partial charge in [0.25, 0.3) is 10.0 Å². The van der Waals surface area contributed by atoms with Crippen molar-refractivity contribution < 1.29 is 38.1 Å². The summed E-state index contributed by atoms with van der Waals surface area (Å²) in [5.74, 6) is -0.804. The zero-order valence-corrected chi connectivity index (χ0v) is 27.2. The van der Waals surface area contributed by atoms with Crippen molar-refractivity contribution in [2.45, 2.75) is 69.5 Å². The van der Waals surface area contributed by atoms with Crippen molar-refractivity contribution in [2.75, 3.05) is 26.3 Å². The Bertz CT molecular complexity index is 1490. The molecule has 0 aliphatic heterocycles. The molecule has 3 aromatic carbocycles. The van der Waals surface area contributed by atoms with Crippen molar-refractivity contribution in [2.24, 2.45) is 0 Å². The lowest BCUT2D eigenvalue weighted by atomic mass is 10.1. The molecule has 3 aromatic rings. The summed E-state index contributed by atoms with van der Waals surface area (Å²) < 4.78 is 31.0. The molecule has 0 heterocycles. The van der Waals surface area contributed by atoms with E-state index >= 15 is 0 Å². The number of aromatic hydroxyl groups is 1. The van der Waals surface area contributed by atoms with Crippen LogP contribution in [0.3, 0.4) is 0 Å². The molecule has 0 spiro atoms. The van der Waals surface area contributed by atoms with Gasteiger partial charge in [0.2, 0.25) is 0 Å². The Hall–Kier alpha value is -3.58. The molecule has 3 rings (SSSR count). The van der Waals surface area contributed by atoms with Crippen LogP contribution in [0.15, 0.2) is 77.7 Å². The number of unbranched alkanes of at least 4 members (excludes halogenated alkanes) is 4. The molecule has 0 radical (unpaired) electrons. The number of aliphatic hydroxyl groups is 2. The molecule has 0 aliphatic carbocycles. The first-order valence-electron chi connectivity index (χ1n) is 15.6. The van der Waals surface area contributed by atoms with Crippen LogP contribution in [0.4, 0.5) is 0 Å². The number of phenols is 1. The number of nitrogens with one attached hydrogen (secondary N) is 2. The van der Waals surface area contributed by atoms with Gasteiger partial charge in [0, 0.05) is 31.4 Å². The molecule has 0 fully saturated rings. The molecule has 0 bridgehead atoms. The van der Waals surface area contributed by atoms with E-state index in [-0.39, 0.29) is 17.3 Å². The first kappa shape index (κ1) is 36.9. The lowest BCUT2D eigenvalue weighted by molar-refractivity contribution is -0.141. The van der Waals surface area contributed by atoms with Crippen molar-refractivity contribution in [1.29, 1.82) is 0 Å². The summed E-state index contributed by atoms with van der Waals surface area (Å²) in [6.07, 6.45) is 8.47. The average molecular weight is 655 g/mol. The van der Waals surface area contributed by atoms with Crippen molar-refractivity contribution in [3.05, 3.63) is 101 Å². The van der Waals surface area contributed by atoms with Gasteiger partial charge in [-0.1, -0.05) is 60.9 Å². The molecule has 0 amide bonds. The van der Waals surface area contributed by atoms with Crippen LogP contribution >= 0.6 is 0 Å². The first-order valence-corrected chi connectivity index (χ1v) is 17.1. The average Bonchev–Trinajstić information content (AvgIpc) is 3.06. The van der Waals surface area contributed by atoms with E-state index in [0.29, 0.717) is 37.3 Å². The highest BCUT2D eigenvalue weighted by Crippen LogP contribution is 2.22. The van der Waals surface area contributed by atoms with E-state index in [9.17, 15) is 28.5 Å². The highest BCUT2D eigenvalue weighted by Gasteiger charge is 2.16. The zero-order chi connectivity index (χ0) is 33.2. The maximum atomic E-state index is 12.6. The van der Waals surface area contributed by atoms with Gasteiger partial charge in [0.1, 0.15) is 5.75 Å². The molecule has 1 atom stereocenters. The molecule has 0 aromatic heterocycles. The molecular formula is C35H46N2O8S. The van der Waals surface area contributed by atoms with Crippen molar-refractivity contribution >= 4 is 22.1 Å². The summed E-state index contributed by atoms with van der Waals surface area (Å²) >= 11 is 0. The number of rotatable bonds is 21. The van der Waals surface area contributed by atoms with E-state index in [1.807, 2.05) is 42.1 Å². The van der Waals surface area contributed by atoms with Crippen LogP contribution in [0.2, 0.25) is 0 Å². The Morgan fingerprint density at radius 2 is 1.67 bits per heavy atom. The Morgan fingerprint density at radius 1 is 0.935 bits per heavy atom. The topological polar surface area (TPSA) is 154 Å². The summed E-state index contributed by atoms with van der Waals surface area (Å²) in [6.45, 7) is 4.21.